The van der Waals surface area contributed by atoms with E-state index in [0.29, 0.717) is 22.3 Å². The first-order valence-electron chi connectivity index (χ1n) is 10.2. The van der Waals surface area contributed by atoms with Crippen molar-refractivity contribution < 1.29 is 14.0 Å². The molecule has 9 nitrogen and oxygen atoms in total. The Balaban J connectivity index is 1.24. The van der Waals surface area contributed by atoms with E-state index in [1.165, 1.54) is 28.3 Å². The minimum Gasteiger partial charge on any atom is -0.463 e. The first-order chi connectivity index (χ1) is 16.1. The summed E-state index contributed by atoms with van der Waals surface area (Å²) in [4.78, 5) is 40.7. The smallest absolute Gasteiger partial charge is 0.266 e. The number of hydrogen-bond donors (Lipinski definition) is 2. The predicted molar refractivity (Wildman–Crippen MR) is 124 cm³/mol. The Morgan fingerprint density at radius 2 is 1.85 bits per heavy atom. The lowest BCUT2D eigenvalue weighted by Crippen LogP contribution is -2.32. The maximum Gasteiger partial charge on any atom is 0.266 e. The lowest BCUT2D eigenvalue weighted by Gasteiger charge is -2.07. The van der Waals surface area contributed by atoms with Crippen LogP contribution < -0.4 is 16.2 Å². The molecule has 0 saturated heterocycles. The fourth-order valence-electron chi connectivity index (χ4n) is 3.08. The SMILES string of the molecule is O=C(Cc1csc(NC(=O)Cc2ccccc2)n1)NCCn1nc(-c2ccco2)ccc1=O. The van der Waals surface area contributed by atoms with Crippen LogP contribution in [0.2, 0.25) is 0 Å². The molecule has 168 valence electrons. The average Bonchev–Trinajstić information content (AvgIpc) is 3.48. The Kier molecular flexibility index (Phi) is 7.06. The highest BCUT2D eigenvalue weighted by molar-refractivity contribution is 7.13. The number of benzene rings is 1. The summed E-state index contributed by atoms with van der Waals surface area (Å²) < 4.78 is 6.58. The van der Waals surface area contributed by atoms with Gasteiger partial charge in [0.1, 0.15) is 5.69 Å². The molecule has 33 heavy (non-hydrogen) atoms. The van der Waals surface area contributed by atoms with Crippen molar-refractivity contribution in [1.82, 2.24) is 20.1 Å². The number of furan rings is 1. The van der Waals surface area contributed by atoms with Gasteiger partial charge < -0.3 is 15.1 Å². The zero-order valence-electron chi connectivity index (χ0n) is 17.6. The second-order valence-electron chi connectivity index (χ2n) is 7.14. The Labute approximate surface area is 193 Å². The Bertz CT molecular complexity index is 1280. The summed E-state index contributed by atoms with van der Waals surface area (Å²) in [5.74, 6) is 0.155. The molecule has 10 heteroatoms. The molecule has 2 amide bonds. The molecular weight excluding hydrogens is 442 g/mol. The molecule has 2 N–H and O–H groups in total. The summed E-state index contributed by atoms with van der Waals surface area (Å²) in [5.41, 5.74) is 1.74. The standard InChI is InChI=1S/C23H21N5O4S/c29-20(24-10-11-28-22(31)9-8-18(27-28)19-7-4-12-32-19)14-17-15-33-23(25-17)26-21(30)13-16-5-2-1-3-6-16/h1-9,12,15H,10-11,13-14H2,(H,24,29)(H,25,26,30). The van der Waals surface area contributed by atoms with Crippen LogP contribution in [0.15, 0.2) is 75.5 Å². The Hall–Kier alpha value is -4.05. The summed E-state index contributed by atoms with van der Waals surface area (Å²) in [6.45, 7) is 0.454. The molecule has 0 atom stereocenters. The number of amides is 2. The van der Waals surface area contributed by atoms with Gasteiger partial charge in [-0.05, 0) is 23.8 Å². The van der Waals surface area contributed by atoms with Crippen LogP contribution in [0.25, 0.3) is 11.5 Å². The maximum absolute atomic E-state index is 12.3. The van der Waals surface area contributed by atoms with E-state index in [-0.39, 0.29) is 43.3 Å². The zero-order valence-corrected chi connectivity index (χ0v) is 18.4. The van der Waals surface area contributed by atoms with Gasteiger partial charge in [0.25, 0.3) is 5.56 Å². The first-order valence-corrected chi connectivity index (χ1v) is 11.1. The topological polar surface area (TPSA) is 119 Å². The third-order valence-corrected chi connectivity index (χ3v) is 5.44. The van der Waals surface area contributed by atoms with Crippen molar-refractivity contribution >= 4 is 28.3 Å². The van der Waals surface area contributed by atoms with Crippen LogP contribution in [0.1, 0.15) is 11.3 Å². The normalized spacial score (nSPS) is 10.7. The van der Waals surface area contributed by atoms with Gasteiger partial charge in [0.2, 0.25) is 11.8 Å². The number of aromatic nitrogens is 3. The van der Waals surface area contributed by atoms with Gasteiger partial charge in [-0.2, -0.15) is 5.10 Å². The minimum atomic E-state index is -0.269. The summed E-state index contributed by atoms with van der Waals surface area (Å²) in [7, 11) is 0. The van der Waals surface area contributed by atoms with Crippen molar-refractivity contribution in [2.45, 2.75) is 19.4 Å². The molecule has 0 aliphatic carbocycles. The number of anilines is 1. The van der Waals surface area contributed by atoms with Gasteiger partial charge in [-0.25, -0.2) is 9.67 Å². The van der Waals surface area contributed by atoms with Crippen LogP contribution in [0.4, 0.5) is 5.13 Å². The molecule has 0 aliphatic heterocycles. The molecule has 0 bridgehead atoms. The molecule has 4 aromatic rings. The van der Waals surface area contributed by atoms with E-state index >= 15 is 0 Å². The zero-order chi connectivity index (χ0) is 23.0. The first kappa shape index (κ1) is 22.2. The fourth-order valence-corrected chi connectivity index (χ4v) is 3.81. The lowest BCUT2D eigenvalue weighted by atomic mass is 10.1. The van der Waals surface area contributed by atoms with Gasteiger partial charge in [-0.3, -0.25) is 14.4 Å². The van der Waals surface area contributed by atoms with Crippen molar-refractivity contribution in [3.05, 3.63) is 87.9 Å². The van der Waals surface area contributed by atoms with Crippen LogP contribution in [-0.2, 0) is 29.0 Å². The van der Waals surface area contributed by atoms with E-state index in [2.05, 4.69) is 20.7 Å². The van der Waals surface area contributed by atoms with Gasteiger partial charge in [0, 0.05) is 18.0 Å². The van der Waals surface area contributed by atoms with Crippen LogP contribution in [0.5, 0.6) is 0 Å². The van der Waals surface area contributed by atoms with Crippen molar-refractivity contribution in [3.63, 3.8) is 0 Å². The molecule has 4 rings (SSSR count). The minimum absolute atomic E-state index is 0.0693. The number of carbonyl (C=O) groups is 2. The summed E-state index contributed by atoms with van der Waals surface area (Å²) in [5, 5.41) is 12.0. The van der Waals surface area contributed by atoms with Crippen LogP contribution in [0.3, 0.4) is 0 Å². The molecule has 0 aliphatic rings. The number of thiazole rings is 1. The predicted octanol–water partition coefficient (Wildman–Crippen LogP) is 2.50. The van der Waals surface area contributed by atoms with Gasteiger partial charge in [-0.1, -0.05) is 30.3 Å². The Morgan fingerprint density at radius 1 is 1.00 bits per heavy atom. The number of carbonyl (C=O) groups excluding carboxylic acids is 2. The maximum atomic E-state index is 12.3. The third-order valence-electron chi connectivity index (χ3n) is 4.63. The number of rotatable bonds is 9. The van der Waals surface area contributed by atoms with E-state index in [1.807, 2.05) is 30.3 Å². The van der Waals surface area contributed by atoms with Crippen LogP contribution >= 0.6 is 11.3 Å². The molecule has 0 unspecified atom stereocenters. The van der Waals surface area contributed by atoms with Gasteiger partial charge in [0.05, 0.1) is 31.3 Å². The number of nitrogens with zero attached hydrogens (tertiary/aromatic N) is 3. The molecule has 1 aromatic carbocycles. The van der Waals surface area contributed by atoms with E-state index in [4.69, 9.17) is 4.42 Å². The largest absolute Gasteiger partial charge is 0.463 e. The highest BCUT2D eigenvalue weighted by Gasteiger charge is 2.11. The summed E-state index contributed by atoms with van der Waals surface area (Å²) in [6, 6.07) is 15.9. The lowest BCUT2D eigenvalue weighted by molar-refractivity contribution is -0.120. The van der Waals surface area contributed by atoms with Gasteiger partial charge in [-0.15, -0.1) is 11.3 Å². The van der Waals surface area contributed by atoms with Gasteiger partial charge >= 0.3 is 0 Å². The number of nitrogens with one attached hydrogen (secondary N) is 2. The van der Waals surface area contributed by atoms with Gasteiger partial charge in [0.15, 0.2) is 10.9 Å². The van der Waals surface area contributed by atoms with Crippen molar-refractivity contribution in [2.75, 3.05) is 11.9 Å². The molecule has 0 fully saturated rings. The average molecular weight is 464 g/mol. The second kappa shape index (κ2) is 10.5. The second-order valence-corrected chi connectivity index (χ2v) is 8.00. The fraction of sp³-hybridized carbons (Fsp3) is 0.174. The van der Waals surface area contributed by atoms with Crippen molar-refractivity contribution in [2.24, 2.45) is 0 Å². The molecule has 0 saturated carbocycles. The summed E-state index contributed by atoms with van der Waals surface area (Å²) >= 11 is 1.27. The number of hydrogen-bond acceptors (Lipinski definition) is 7. The van der Waals surface area contributed by atoms with Crippen LogP contribution in [-0.4, -0.2) is 33.1 Å². The van der Waals surface area contributed by atoms with E-state index in [1.54, 1.807) is 23.6 Å². The highest BCUT2D eigenvalue weighted by Crippen LogP contribution is 2.17. The van der Waals surface area contributed by atoms with Crippen LogP contribution in [0, 0.1) is 0 Å². The van der Waals surface area contributed by atoms with E-state index < -0.39 is 0 Å². The van der Waals surface area contributed by atoms with Crippen molar-refractivity contribution in [1.29, 1.82) is 0 Å². The van der Waals surface area contributed by atoms with E-state index in [9.17, 15) is 14.4 Å². The molecule has 3 heterocycles. The monoisotopic (exact) mass is 463 g/mol. The van der Waals surface area contributed by atoms with Crippen molar-refractivity contribution in [3.8, 4) is 11.5 Å². The highest BCUT2D eigenvalue weighted by atomic mass is 32.1. The van der Waals surface area contributed by atoms with E-state index in [0.717, 1.165) is 5.56 Å². The molecule has 0 spiro atoms. The third kappa shape index (κ3) is 6.23. The molecule has 3 aromatic heterocycles. The molecule has 0 radical (unpaired) electrons. The quantitative estimate of drug-likeness (QED) is 0.394. The Morgan fingerprint density at radius 3 is 2.64 bits per heavy atom. The molecular formula is C23H21N5O4S. The summed E-state index contributed by atoms with van der Waals surface area (Å²) in [6.07, 6.45) is 1.86.